The number of halogens is 1. The molecule has 0 unspecified atom stereocenters. The molecule has 5 nitrogen and oxygen atoms in total. The van der Waals surface area contributed by atoms with Gasteiger partial charge in [0.1, 0.15) is 12.2 Å². The first-order chi connectivity index (χ1) is 8.68. The van der Waals surface area contributed by atoms with Crippen LogP contribution in [-0.2, 0) is 0 Å². The number of hydrogen-bond donors (Lipinski definition) is 1. The first-order valence-electron chi connectivity index (χ1n) is 5.91. The number of ether oxygens (including phenoxy) is 1. The molecule has 0 aliphatic carbocycles. The first kappa shape index (κ1) is 12.8. The Kier molecular flexibility index (Phi) is 4.09. The predicted molar refractivity (Wildman–Crippen MR) is 62.3 cm³/mol. The summed E-state index contributed by atoms with van der Waals surface area (Å²) in [6.45, 7) is 3.09. The highest BCUT2D eigenvalue weighted by atomic mass is 19.1. The minimum Gasteiger partial charge on any atom is -0.478 e. The molecule has 0 radical (unpaired) electrons. The number of nitrogens with zero attached hydrogens (tertiary/aromatic N) is 2. The highest BCUT2D eigenvalue weighted by molar-refractivity contribution is 5.88. The van der Waals surface area contributed by atoms with Gasteiger partial charge in [0.2, 0.25) is 0 Å². The Hall–Kier alpha value is -1.69. The largest absolute Gasteiger partial charge is 0.478 e. The lowest BCUT2D eigenvalue weighted by atomic mass is 10.2. The standard InChI is InChI=1S/C12H15FN2O3/c13-10-9(12(16)17)3-4-14-11(10)18-8-7-15-5-1-2-6-15/h3-4H,1-2,5-8H2,(H,16,17). The second-order valence-electron chi connectivity index (χ2n) is 4.18. The molecule has 0 saturated carbocycles. The molecule has 0 atom stereocenters. The van der Waals surface area contributed by atoms with Gasteiger partial charge in [0.25, 0.3) is 5.88 Å². The molecule has 1 aromatic heterocycles. The fourth-order valence-electron chi connectivity index (χ4n) is 1.97. The second-order valence-corrected chi connectivity index (χ2v) is 4.18. The third-order valence-electron chi connectivity index (χ3n) is 2.93. The third kappa shape index (κ3) is 2.95. The van der Waals surface area contributed by atoms with Gasteiger partial charge in [0.05, 0.1) is 0 Å². The Morgan fingerprint density at radius 3 is 2.89 bits per heavy atom. The van der Waals surface area contributed by atoms with Gasteiger partial charge in [0, 0.05) is 12.7 Å². The molecule has 0 spiro atoms. The van der Waals surface area contributed by atoms with Crippen LogP contribution in [0.3, 0.4) is 0 Å². The van der Waals surface area contributed by atoms with Crippen LogP contribution in [0.25, 0.3) is 0 Å². The summed E-state index contributed by atoms with van der Waals surface area (Å²) >= 11 is 0. The number of likely N-dealkylation sites (tertiary alicyclic amines) is 1. The van der Waals surface area contributed by atoms with Gasteiger partial charge in [-0.25, -0.2) is 14.2 Å². The summed E-state index contributed by atoms with van der Waals surface area (Å²) < 4.78 is 18.8. The highest BCUT2D eigenvalue weighted by Crippen LogP contribution is 2.17. The lowest BCUT2D eigenvalue weighted by molar-refractivity contribution is 0.0690. The Morgan fingerprint density at radius 2 is 2.22 bits per heavy atom. The van der Waals surface area contributed by atoms with Crippen LogP contribution in [0, 0.1) is 5.82 Å². The molecule has 0 amide bonds. The van der Waals surface area contributed by atoms with E-state index in [4.69, 9.17) is 9.84 Å². The third-order valence-corrected chi connectivity index (χ3v) is 2.93. The van der Waals surface area contributed by atoms with E-state index in [1.54, 1.807) is 0 Å². The molecule has 0 bridgehead atoms. The van der Waals surface area contributed by atoms with Crippen molar-refractivity contribution in [1.29, 1.82) is 0 Å². The minimum atomic E-state index is -1.32. The Labute approximate surface area is 104 Å². The summed E-state index contributed by atoms with van der Waals surface area (Å²) in [5, 5.41) is 8.76. The second kappa shape index (κ2) is 5.77. The smallest absolute Gasteiger partial charge is 0.338 e. The molecule has 98 valence electrons. The molecule has 2 rings (SSSR count). The molecule has 1 saturated heterocycles. The van der Waals surface area contributed by atoms with Crippen molar-refractivity contribution < 1.29 is 19.0 Å². The Balaban J connectivity index is 1.92. The molecule has 1 aromatic rings. The van der Waals surface area contributed by atoms with Gasteiger partial charge in [-0.3, -0.25) is 4.90 Å². The van der Waals surface area contributed by atoms with E-state index in [1.165, 1.54) is 19.0 Å². The summed E-state index contributed by atoms with van der Waals surface area (Å²) in [6, 6.07) is 1.12. The van der Waals surface area contributed by atoms with E-state index in [0.29, 0.717) is 13.2 Å². The molecule has 1 fully saturated rings. The lowest BCUT2D eigenvalue weighted by Crippen LogP contribution is -2.25. The van der Waals surface area contributed by atoms with Gasteiger partial charge in [-0.2, -0.15) is 0 Å². The molecule has 0 aromatic carbocycles. The van der Waals surface area contributed by atoms with Gasteiger partial charge in [0.15, 0.2) is 5.82 Å². The van der Waals surface area contributed by atoms with E-state index in [9.17, 15) is 9.18 Å². The fraction of sp³-hybridized carbons (Fsp3) is 0.500. The van der Waals surface area contributed by atoms with Crippen molar-refractivity contribution in [2.45, 2.75) is 12.8 Å². The lowest BCUT2D eigenvalue weighted by Gasteiger charge is -2.14. The molecule has 1 aliphatic heterocycles. The van der Waals surface area contributed by atoms with Crippen LogP contribution in [0.5, 0.6) is 5.88 Å². The molecular weight excluding hydrogens is 239 g/mol. The molecule has 6 heteroatoms. The van der Waals surface area contributed by atoms with E-state index < -0.39 is 17.3 Å². The molecular formula is C12H15FN2O3. The Morgan fingerprint density at radius 1 is 1.50 bits per heavy atom. The van der Waals surface area contributed by atoms with Crippen LogP contribution in [0.15, 0.2) is 12.3 Å². The SMILES string of the molecule is O=C(O)c1ccnc(OCCN2CCCC2)c1F. The number of carboxylic acid groups (broad SMARTS) is 1. The van der Waals surface area contributed by atoms with Crippen molar-refractivity contribution in [2.75, 3.05) is 26.2 Å². The highest BCUT2D eigenvalue weighted by Gasteiger charge is 2.17. The van der Waals surface area contributed by atoms with Crippen molar-refractivity contribution in [1.82, 2.24) is 9.88 Å². The zero-order chi connectivity index (χ0) is 13.0. The van der Waals surface area contributed by atoms with Crippen LogP contribution in [0.4, 0.5) is 4.39 Å². The van der Waals surface area contributed by atoms with Gasteiger partial charge in [-0.15, -0.1) is 0 Å². The number of aromatic nitrogens is 1. The zero-order valence-electron chi connectivity index (χ0n) is 9.93. The van der Waals surface area contributed by atoms with Crippen molar-refractivity contribution in [3.63, 3.8) is 0 Å². The zero-order valence-corrected chi connectivity index (χ0v) is 9.93. The summed E-state index contributed by atoms with van der Waals surface area (Å²) in [4.78, 5) is 16.7. The van der Waals surface area contributed by atoms with Crippen LogP contribution in [-0.4, -0.2) is 47.2 Å². The van der Waals surface area contributed by atoms with Crippen LogP contribution in [0.2, 0.25) is 0 Å². The normalized spacial score (nSPS) is 15.8. The molecule has 2 heterocycles. The maximum Gasteiger partial charge on any atom is 0.338 e. The number of hydrogen-bond acceptors (Lipinski definition) is 4. The summed E-state index contributed by atoms with van der Waals surface area (Å²) in [5.74, 6) is -2.47. The van der Waals surface area contributed by atoms with Crippen molar-refractivity contribution in [2.24, 2.45) is 0 Å². The van der Waals surface area contributed by atoms with Crippen LogP contribution >= 0.6 is 0 Å². The maximum atomic E-state index is 13.6. The van der Waals surface area contributed by atoms with Crippen LogP contribution in [0.1, 0.15) is 23.2 Å². The molecule has 18 heavy (non-hydrogen) atoms. The van der Waals surface area contributed by atoms with Crippen molar-refractivity contribution in [3.05, 3.63) is 23.6 Å². The average Bonchev–Trinajstić information content (AvgIpc) is 2.84. The van der Waals surface area contributed by atoms with Gasteiger partial charge >= 0.3 is 5.97 Å². The molecule has 1 N–H and O–H groups in total. The van der Waals surface area contributed by atoms with Gasteiger partial charge in [-0.05, 0) is 32.0 Å². The van der Waals surface area contributed by atoms with E-state index in [1.807, 2.05) is 0 Å². The van der Waals surface area contributed by atoms with E-state index in [0.717, 1.165) is 19.2 Å². The fourth-order valence-corrected chi connectivity index (χ4v) is 1.97. The number of aromatic carboxylic acids is 1. The average molecular weight is 254 g/mol. The Bertz CT molecular complexity index is 433. The van der Waals surface area contributed by atoms with E-state index in [2.05, 4.69) is 9.88 Å². The number of carbonyl (C=O) groups is 1. The summed E-state index contributed by atoms with van der Waals surface area (Å²) in [6.07, 6.45) is 3.60. The predicted octanol–water partition coefficient (Wildman–Crippen LogP) is 1.39. The van der Waals surface area contributed by atoms with Crippen molar-refractivity contribution in [3.8, 4) is 5.88 Å². The summed E-state index contributed by atoms with van der Waals surface area (Å²) in [5.41, 5.74) is -0.416. The number of rotatable bonds is 5. The maximum absolute atomic E-state index is 13.6. The van der Waals surface area contributed by atoms with E-state index >= 15 is 0 Å². The van der Waals surface area contributed by atoms with Gasteiger partial charge < -0.3 is 9.84 Å². The monoisotopic (exact) mass is 254 g/mol. The van der Waals surface area contributed by atoms with E-state index in [-0.39, 0.29) is 5.88 Å². The first-order valence-corrected chi connectivity index (χ1v) is 5.91. The van der Waals surface area contributed by atoms with Crippen molar-refractivity contribution >= 4 is 5.97 Å². The molecule has 1 aliphatic rings. The quantitative estimate of drug-likeness (QED) is 0.860. The summed E-state index contributed by atoms with van der Waals surface area (Å²) in [7, 11) is 0. The minimum absolute atomic E-state index is 0.242. The van der Waals surface area contributed by atoms with Crippen LogP contribution < -0.4 is 4.74 Å². The topological polar surface area (TPSA) is 62.7 Å². The number of carboxylic acids is 1. The number of pyridine rings is 1. The van der Waals surface area contributed by atoms with Gasteiger partial charge in [-0.1, -0.05) is 0 Å².